The number of methoxy groups -OCH3 is 1. The molecule has 6 saturated heterocycles. The van der Waals surface area contributed by atoms with E-state index in [1.807, 2.05) is 13.8 Å². The summed E-state index contributed by atoms with van der Waals surface area (Å²) in [5.74, 6) is -0.684. The lowest BCUT2D eigenvalue weighted by Crippen LogP contribution is -2.68. The van der Waals surface area contributed by atoms with Gasteiger partial charge in [-0.3, -0.25) is 0 Å². The van der Waals surface area contributed by atoms with Gasteiger partial charge in [-0.15, -0.1) is 0 Å². The van der Waals surface area contributed by atoms with Crippen LogP contribution in [-0.4, -0.2) is 107 Å². The highest BCUT2D eigenvalue weighted by Gasteiger charge is 2.58. The van der Waals surface area contributed by atoms with Crippen molar-refractivity contribution in [1.82, 2.24) is 0 Å². The Morgan fingerprint density at radius 1 is 0.964 bits per heavy atom. The number of ether oxygens (including phenoxy) is 4. The molecule has 0 spiro atoms. The summed E-state index contributed by atoms with van der Waals surface area (Å²) in [5.41, 5.74) is -0.882. The van der Waals surface area contributed by atoms with Crippen LogP contribution in [0.2, 0.25) is 0 Å². The molecule has 6 aliphatic rings. The van der Waals surface area contributed by atoms with Crippen molar-refractivity contribution in [2.45, 2.75) is 81.6 Å². The molecule has 6 aliphatic heterocycles. The summed E-state index contributed by atoms with van der Waals surface area (Å²) in [7, 11) is 1.46. The van der Waals surface area contributed by atoms with E-state index in [-0.39, 0.29) is 19.8 Å². The average Bonchev–Trinajstić information content (AvgIpc) is 2.68. The van der Waals surface area contributed by atoms with E-state index in [4.69, 9.17) is 18.9 Å². The first-order valence-electron chi connectivity index (χ1n) is 9.99. The smallest absolute Gasteiger partial charge is 0.114 e. The monoisotopic (exact) mass is 406 g/mol. The number of hydrogen-bond acceptors (Lipinski definition) is 9. The van der Waals surface area contributed by atoms with Gasteiger partial charge in [0.05, 0.1) is 37.6 Å². The lowest BCUT2D eigenvalue weighted by atomic mass is 9.64. The molecule has 10 atom stereocenters. The zero-order valence-electron chi connectivity index (χ0n) is 16.7. The van der Waals surface area contributed by atoms with E-state index in [0.29, 0.717) is 12.8 Å². The van der Waals surface area contributed by atoms with Gasteiger partial charge in [0.2, 0.25) is 0 Å². The van der Waals surface area contributed by atoms with Gasteiger partial charge in [-0.2, -0.15) is 0 Å². The van der Waals surface area contributed by atoms with Crippen LogP contribution in [0.4, 0.5) is 0 Å². The molecule has 6 fully saturated rings. The van der Waals surface area contributed by atoms with Crippen molar-refractivity contribution >= 4 is 0 Å². The lowest BCUT2D eigenvalue weighted by Gasteiger charge is -2.55. The molecule has 0 amide bonds. The first-order chi connectivity index (χ1) is 13.3. The van der Waals surface area contributed by atoms with E-state index in [1.165, 1.54) is 7.11 Å². The second-order valence-electron chi connectivity index (χ2n) is 8.67. The molecule has 4 bridgehead atoms. The van der Waals surface area contributed by atoms with Crippen molar-refractivity contribution in [2.24, 2.45) is 11.3 Å². The topological polar surface area (TPSA) is 138 Å². The van der Waals surface area contributed by atoms with Crippen LogP contribution in [0.5, 0.6) is 0 Å². The molecule has 0 aromatic rings. The molecule has 0 aromatic carbocycles. The van der Waals surface area contributed by atoms with Gasteiger partial charge >= 0.3 is 0 Å². The minimum Gasteiger partial charge on any atom is -0.394 e. The maximum Gasteiger partial charge on any atom is 0.114 e. The van der Waals surface area contributed by atoms with E-state index < -0.39 is 66.3 Å². The highest BCUT2D eigenvalue weighted by molar-refractivity contribution is 5.06. The lowest BCUT2D eigenvalue weighted by molar-refractivity contribution is -0.293. The Kier molecular flexibility index (Phi) is 7.01. The van der Waals surface area contributed by atoms with Crippen molar-refractivity contribution in [3.05, 3.63) is 0 Å². The number of aliphatic hydroxyl groups excluding tert-OH is 5. The third-order valence-electron chi connectivity index (χ3n) is 6.68. The van der Waals surface area contributed by atoms with Crippen LogP contribution in [0.1, 0.15) is 26.7 Å². The molecule has 28 heavy (non-hydrogen) atoms. The summed E-state index contributed by atoms with van der Waals surface area (Å²) < 4.78 is 23.5. The molecule has 5 N–H and O–H groups in total. The number of hydrogen-bond donors (Lipinski definition) is 5. The molecule has 0 saturated carbocycles. The Hall–Kier alpha value is -0.360. The largest absolute Gasteiger partial charge is 0.394 e. The van der Waals surface area contributed by atoms with Gasteiger partial charge in [0.25, 0.3) is 0 Å². The normalized spacial score (nSPS) is 49.3. The zero-order chi connectivity index (χ0) is 20.6. The average molecular weight is 406 g/mol. The first kappa shape index (κ1) is 22.3. The highest BCUT2D eigenvalue weighted by Crippen LogP contribution is 2.47. The van der Waals surface area contributed by atoms with E-state index >= 15 is 0 Å². The minimum atomic E-state index is -1.16. The van der Waals surface area contributed by atoms with E-state index in [1.54, 1.807) is 0 Å². The van der Waals surface area contributed by atoms with Gasteiger partial charge in [-0.25, -0.2) is 0 Å². The fourth-order valence-electron chi connectivity index (χ4n) is 5.19. The molecule has 0 radical (unpaired) electrons. The van der Waals surface area contributed by atoms with E-state index in [9.17, 15) is 25.5 Å². The molecule has 164 valence electrons. The Morgan fingerprint density at radius 2 is 1.64 bits per heavy atom. The van der Waals surface area contributed by atoms with Crippen LogP contribution in [0, 0.1) is 11.3 Å². The molecule has 2 unspecified atom stereocenters. The zero-order valence-corrected chi connectivity index (χ0v) is 16.7. The van der Waals surface area contributed by atoms with Gasteiger partial charge in [0.1, 0.15) is 30.5 Å². The Balaban J connectivity index is 2.06. The van der Waals surface area contributed by atoms with Crippen molar-refractivity contribution in [3.63, 3.8) is 0 Å². The van der Waals surface area contributed by atoms with Crippen molar-refractivity contribution in [3.8, 4) is 0 Å². The number of rotatable bonds is 3. The quantitative estimate of drug-likeness (QED) is 0.376. The van der Waals surface area contributed by atoms with Crippen LogP contribution < -0.4 is 0 Å². The SMILES string of the molecule is CO[C@H]1C2O[C@H](CO)[C@@H](OCCCC3O[C@H](CO)[C@H]([C@H](O)[C@H]3O)C2(C)C)[C@@H]1O. The fraction of sp³-hybridized carbons (Fsp3) is 1.00. The minimum absolute atomic E-state index is 0.252. The van der Waals surface area contributed by atoms with Crippen LogP contribution in [0.3, 0.4) is 0 Å². The number of aliphatic hydroxyl groups is 5. The molecule has 6 heterocycles. The summed E-state index contributed by atoms with van der Waals surface area (Å²) in [6.07, 6.45) is -6.80. The molecular formula is C19H34O9. The Bertz CT molecular complexity index is 514. The molecular weight excluding hydrogens is 372 g/mol. The third-order valence-corrected chi connectivity index (χ3v) is 6.68. The fourth-order valence-corrected chi connectivity index (χ4v) is 5.19. The van der Waals surface area contributed by atoms with Gasteiger partial charge in [0.15, 0.2) is 0 Å². The molecule has 0 aromatic heterocycles. The predicted octanol–water partition coefficient (Wildman–Crippen LogP) is -1.58. The van der Waals surface area contributed by atoms with Crippen molar-refractivity contribution < 1.29 is 44.5 Å². The molecule has 9 nitrogen and oxygen atoms in total. The van der Waals surface area contributed by atoms with Crippen LogP contribution in [0.25, 0.3) is 0 Å². The van der Waals surface area contributed by atoms with E-state index in [0.717, 1.165) is 0 Å². The third kappa shape index (κ3) is 3.73. The highest BCUT2D eigenvalue weighted by atomic mass is 16.6. The van der Waals surface area contributed by atoms with Crippen molar-refractivity contribution in [1.29, 1.82) is 0 Å². The molecule has 6 rings (SSSR count). The maximum atomic E-state index is 11.0. The second kappa shape index (κ2) is 8.79. The Morgan fingerprint density at radius 3 is 2.25 bits per heavy atom. The molecule has 9 heteroatoms. The summed E-state index contributed by atoms with van der Waals surface area (Å²) in [4.78, 5) is 0. The summed E-state index contributed by atoms with van der Waals surface area (Å²) in [6, 6.07) is 0. The van der Waals surface area contributed by atoms with Gasteiger partial charge in [0, 0.05) is 25.0 Å². The van der Waals surface area contributed by atoms with Crippen LogP contribution in [-0.2, 0) is 18.9 Å². The van der Waals surface area contributed by atoms with Crippen molar-refractivity contribution in [2.75, 3.05) is 26.9 Å². The van der Waals surface area contributed by atoms with Gasteiger partial charge in [-0.1, -0.05) is 13.8 Å². The first-order valence-corrected chi connectivity index (χ1v) is 9.99. The van der Waals surface area contributed by atoms with E-state index in [2.05, 4.69) is 0 Å². The summed E-state index contributed by atoms with van der Waals surface area (Å²) in [6.45, 7) is 3.21. The van der Waals surface area contributed by atoms with Crippen LogP contribution in [0.15, 0.2) is 0 Å². The Labute approximate surface area is 165 Å². The molecule has 0 aliphatic carbocycles. The van der Waals surface area contributed by atoms with Crippen LogP contribution >= 0.6 is 0 Å². The summed E-state index contributed by atoms with van der Waals surface area (Å²) >= 11 is 0. The van der Waals surface area contributed by atoms with Gasteiger partial charge in [-0.05, 0) is 12.8 Å². The second-order valence-corrected chi connectivity index (χ2v) is 8.67. The maximum absolute atomic E-state index is 11.0. The predicted molar refractivity (Wildman–Crippen MR) is 96.6 cm³/mol. The summed E-state index contributed by atoms with van der Waals surface area (Å²) in [5, 5.41) is 52.3. The van der Waals surface area contributed by atoms with Gasteiger partial charge < -0.3 is 44.5 Å². The standard InChI is InChI=1S/C19H34O9/c1-19(2)12-10(7-20)27-9(13(22)14(12)23)5-4-6-26-16-11(8-21)28-18(19)17(25-3)15(16)24/h9-18,20-24H,4-8H2,1-3H3/t9?,10-,11-,12-,13+,14+,15+,16-,17-,18?/m1/s1.